The van der Waals surface area contributed by atoms with Gasteiger partial charge in [0.25, 0.3) is 0 Å². The van der Waals surface area contributed by atoms with Crippen LogP contribution in [0.15, 0.2) is 18.2 Å². The van der Waals surface area contributed by atoms with Crippen LogP contribution in [0.5, 0.6) is 0 Å². The minimum absolute atomic E-state index is 0.0376. The summed E-state index contributed by atoms with van der Waals surface area (Å²) in [5.74, 6) is -2.06. The van der Waals surface area contributed by atoms with Gasteiger partial charge in [-0.2, -0.15) is 0 Å². The molecule has 1 aliphatic rings. The van der Waals surface area contributed by atoms with E-state index in [1.54, 1.807) is 13.1 Å². The monoisotopic (exact) mass is 447 g/mol. The molecule has 0 saturated carbocycles. The van der Waals surface area contributed by atoms with E-state index in [1.807, 2.05) is 20.8 Å². The Balaban J connectivity index is 2.18. The summed E-state index contributed by atoms with van der Waals surface area (Å²) >= 11 is 0. The zero-order valence-electron chi connectivity index (χ0n) is 18.9. The van der Waals surface area contributed by atoms with E-state index in [0.29, 0.717) is 22.8 Å². The van der Waals surface area contributed by atoms with Crippen molar-refractivity contribution in [1.82, 2.24) is 9.97 Å². The van der Waals surface area contributed by atoms with E-state index in [0.717, 1.165) is 11.3 Å². The van der Waals surface area contributed by atoms with Crippen molar-refractivity contribution in [2.45, 2.75) is 63.6 Å². The van der Waals surface area contributed by atoms with Gasteiger partial charge in [-0.15, -0.1) is 0 Å². The molecule has 174 valence electrons. The highest BCUT2D eigenvalue weighted by atomic mass is 19.1. The van der Waals surface area contributed by atoms with Gasteiger partial charge >= 0.3 is 5.97 Å². The van der Waals surface area contributed by atoms with E-state index in [4.69, 9.17) is 19.9 Å². The summed E-state index contributed by atoms with van der Waals surface area (Å²) in [4.78, 5) is 25.6. The van der Waals surface area contributed by atoms with Crippen LogP contribution >= 0.6 is 0 Å². The number of aliphatic carboxylic acids is 1. The van der Waals surface area contributed by atoms with E-state index in [1.165, 1.54) is 24.3 Å². The van der Waals surface area contributed by atoms with Crippen molar-refractivity contribution >= 4 is 11.9 Å². The summed E-state index contributed by atoms with van der Waals surface area (Å²) in [6, 6.07) is 4.36. The number of rotatable bonds is 8. The van der Waals surface area contributed by atoms with Gasteiger partial charge in [-0.1, -0.05) is 20.8 Å². The van der Waals surface area contributed by atoms with E-state index in [9.17, 15) is 19.4 Å². The fraction of sp³-hybridized carbons (Fsp3) is 0.522. The fourth-order valence-corrected chi connectivity index (χ4v) is 4.52. The quantitative estimate of drug-likeness (QED) is 0.529. The molecule has 0 saturated heterocycles. The summed E-state index contributed by atoms with van der Waals surface area (Å²) in [6.45, 7) is 5.93. The fourth-order valence-electron chi connectivity index (χ4n) is 4.52. The number of aliphatic hydroxyl groups excluding tert-OH is 2. The third-order valence-corrected chi connectivity index (χ3v) is 6.03. The van der Waals surface area contributed by atoms with Gasteiger partial charge in [-0.3, -0.25) is 9.63 Å². The summed E-state index contributed by atoms with van der Waals surface area (Å²) in [6.07, 6.45) is -2.92. The SMILES string of the molecule is CON(C)c1nc2c(c(C(C)C)n1)C(C)[C@@H]([C@@H](O)C[C@@H](O)CC(=O)O)c1cc(F)ccc1-2. The largest absolute Gasteiger partial charge is 0.481 e. The van der Waals surface area contributed by atoms with Crippen LogP contribution in [0.4, 0.5) is 10.3 Å². The number of hydrogen-bond donors (Lipinski definition) is 3. The van der Waals surface area contributed by atoms with E-state index < -0.39 is 36.3 Å². The molecular weight excluding hydrogens is 417 g/mol. The van der Waals surface area contributed by atoms with Gasteiger partial charge in [0.2, 0.25) is 5.95 Å². The average Bonchev–Trinajstić information content (AvgIpc) is 2.71. The maximum atomic E-state index is 14.3. The van der Waals surface area contributed by atoms with Crippen molar-refractivity contribution in [2.75, 3.05) is 19.2 Å². The van der Waals surface area contributed by atoms with E-state index >= 15 is 0 Å². The average molecular weight is 448 g/mol. The molecule has 0 fully saturated rings. The number of hydroxylamine groups is 1. The lowest BCUT2D eigenvalue weighted by molar-refractivity contribution is -0.139. The molecule has 3 rings (SSSR count). The minimum atomic E-state index is -1.22. The smallest absolute Gasteiger partial charge is 0.305 e. The molecule has 4 atom stereocenters. The number of carbonyl (C=O) groups is 1. The number of carboxylic acid groups (broad SMARTS) is 1. The van der Waals surface area contributed by atoms with Gasteiger partial charge in [0.1, 0.15) is 5.82 Å². The molecule has 1 aliphatic carbocycles. The molecule has 3 N–H and O–H groups in total. The van der Waals surface area contributed by atoms with Crippen LogP contribution in [0.1, 0.15) is 68.2 Å². The lowest BCUT2D eigenvalue weighted by Crippen LogP contribution is -2.32. The van der Waals surface area contributed by atoms with Crippen molar-refractivity contribution in [3.05, 3.63) is 40.8 Å². The Bertz CT molecular complexity index is 1000. The number of anilines is 1. The number of hydrogen-bond acceptors (Lipinski definition) is 7. The Morgan fingerprint density at radius 1 is 1.28 bits per heavy atom. The Kier molecular flexibility index (Phi) is 7.12. The lowest BCUT2D eigenvalue weighted by Gasteiger charge is -2.38. The van der Waals surface area contributed by atoms with Gasteiger partial charge in [-0.25, -0.2) is 19.4 Å². The number of aliphatic hydroxyl groups is 2. The summed E-state index contributed by atoms with van der Waals surface area (Å²) in [7, 11) is 3.21. The number of halogens is 1. The molecular formula is C23H30FN3O5. The predicted octanol–water partition coefficient (Wildman–Crippen LogP) is 3.19. The second kappa shape index (κ2) is 9.48. The Hall–Kier alpha value is -2.62. The molecule has 1 aromatic carbocycles. The zero-order chi connectivity index (χ0) is 23.7. The maximum Gasteiger partial charge on any atom is 0.305 e. The molecule has 32 heavy (non-hydrogen) atoms. The first-order valence-corrected chi connectivity index (χ1v) is 10.6. The van der Waals surface area contributed by atoms with Crippen LogP contribution < -0.4 is 5.06 Å². The normalized spacial score (nSPS) is 19.3. The Labute approximate surface area is 186 Å². The lowest BCUT2D eigenvalue weighted by atomic mass is 9.69. The summed E-state index contributed by atoms with van der Waals surface area (Å²) < 4.78 is 14.3. The van der Waals surface area contributed by atoms with Crippen molar-refractivity contribution in [2.24, 2.45) is 0 Å². The molecule has 9 heteroatoms. The van der Waals surface area contributed by atoms with E-state index in [2.05, 4.69) is 0 Å². The van der Waals surface area contributed by atoms with Gasteiger partial charge in [0.05, 0.1) is 37.1 Å². The van der Waals surface area contributed by atoms with Crippen molar-refractivity contribution < 1.29 is 29.3 Å². The van der Waals surface area contributed by atoms with Crippen LogP contribution in [-0.2, 0) is 9.63 Å². The standard InChI is InChI=1S/C23H30FN3O5/c1-11(2)21-20-12(3)19(17(29)9-14(28)10-18(30)31)16-8-13(24)6-7-15(16)22(20)26-23(25-21)27(4)32-5/h6-8,11-12,14,17,19,28-29H,9-10H2,1-5H3,(H,30,31)/t12?,14-,17+,19-/m1/s1. The summed E-state index contributed by atoms with van der Waals surface area (Å²) in [5, 5.41) is 31.6. The zero-order valence-corrected chi connectivity index (χ0v) is 18.9. The van der Waals surface area contributed by atoms with Gasteiger partial charge in [-0.05, 0) is 35.6 Å². The Morgan fingerprint density at radius 3 is 2.56 bits per heavy atom. The van der Waals surface area contributed by atoms with Crippen LogP contribution in [0, 0.1) is 5.82 Å². The number of carboxylic acids is 1. The molecule has 1 heterocycles. The minimum Gasteiger partial charge on any atom is -0.481 e. The molecule has 1 aromatic heterocycles. The van der Waals surface area contributed by atoms with Crippen LogP contribution in [0.25, 0.3) is 11.3 Å². The molecule has 0 bridgehead atoms. The molecule has 0 amide bonds. The Morgan fingerprint density at radius 2 is 1.97 bits per heavy atom. The summed E-state index contributed by atoms with van der Waals surface area (Å²) in [5.41, 5.74) is 3.54. The molecule has 1 unspecified atom stereocenters. The third kappa shape index (κ3) is 4.60. The number of aromatic nitrogens is 2. The van der Waals surface area contributed by atoms with Crippen LogP contribution in [0.3, 0.4) is 0 Å². The molecule has 0 spiro atoms. The number of fused-ring (bicyclic) bond motifs is 3. The third-order valence-electron chi connectivity index (χ3n) is 6.03. The first-order chi connectivity index (χ1) is 15.0. The van der Waals surface area contributed by atoms with Crippen molar-refractivity contribution in [3.8, 4) is 11.3 Å². The topological polar surface area (TPSA) is 116 Å². The number of nitrogens with zero attached hydrogens (tertiary/aromatic N) is 3. The maximum absolute atomic E-state index is 14.3. The molecule has 0 aliphatic heterocycles. The second-order valence-electron chi connectivity index (χ2n) is 8.61. The highest BCUT2D eigenvalue weighted by molar-refractivity contribution is 5.74. The highest BCUT2D eigenvalue weighted by Gasteiger charge is 2.40. The predicted molar refractivity (Wildman–Crippen MR) is 117 cm³/mol. The van der Waals surface area contributed by atoms with Crippen LogP contribution in [0.2, 0.25) is 0 Å². The van der Waals surface area contributed by atoms with E-state index in [-0.39, 0.29) is 18.3 Å². The first-order valence-electron chi connectivity index (χ1n) is 10.6. The van der Waals surface area contributed by atoms with Gasteiger partial charge in [0.15, 0.2) is 0 Å². The number of benzene rings is 1. The van der Waals surface area contributed by atoms with Crippen molar-refractivity contribution in [1.29, 1.82) is 0 Å². The van der Waals surface area contributed by atoms with Crippen LogP contribution in [-0.4, -0.2) is 57.6 Å². The second-order valence-corrected chi connectivity index (χ2v) is 8.61. The molecule has 0 radical (unpaired) electrons. The highest BCUT2D eigenvalue weighted by Crippen LogP contribution is 2.50. The van der Waals surface area contributed by atoms with Crippen molar-refractivity contribution in [3.63, 3.8) is 0 Å². The first kappa shape index (κ1) is 24.0. The van der Waals surface area contributed by atoms with Gasteiger partial charge < -0.3 is 15.3 Å². The molecule has 8 nitrogen and oxygen atoms in total. The molecule has 2 aromatic rings. The van der Waals surface area contributed by atoms with Gasteiger partial charge in [0, 0.05) is 30.5 Å².